The normalized spacial score (nSPS) is 10.3. The second-order valence-electron chi connectivity index (χ2n) is 4.53. The van der Waals surface area contributed by atoms with E-state index < -0.39 is 0 Å². The summed E-state index contributed by atoms with van der Waals surface area (Å²) in [4.78, 5) is 12.7. The van der Waals surface area contributed by atoms with E-state index in [1.165, 1.54) is 0 Å². The number of hydrogen-bond acceptors (Lipinski definition) is 3. The van der Waals surface area contributed by atoms with Crippen molar-refractivity contribution in [3.05, 3.63) is 58.1 Å². The minimum Gasteiger partial charge on any atom is -0.493 e. The Kier molecular flexibility index (Phi) is 4.86. The number of halogens is 1. The molecule has 0 N–H and O–H groups in total. The number of hydrogen-bond donors (Lipinski definition) is 0. The quantitative estimate of drug-likeness (QED) is 0.778. The maximum atomic E-state index is 12.7. The molecule has 0 aromatic heterocycles. The van der Waals surface area contributed by atoms with Crippen LogP contribution >= 0.6 is 11.6 Å². The summed E-state index contributed by atoms with van der Waals surface area (Å²) in [5.41, 5.74) is 1.97. The van der Waals surface area contributed by atoms with Crippen LogP contribution in [0.2, 0.25) is 5.02 Å². The number of methoxy groups -OCH3 is 2. The van der Waals surface area contributed by atoms with Crippen molar-refractivity contribution in [2.24, 2.45) is 0 Å². The molecule has 0 fully saturated rings. The number of carbonyl (C=O) groups excluding carboxylic acids is 1. The molecule has 0 aliphatic carbocycles. The lowest BCUT2D eigenvalue weighted by Gasteiger charge is -2.14. The van der Waals surface area contributed by atoms with Crippen molar-refractivity contribution >= 4 is 17.4 Å². The van der Waals surface area contributed by atoms with Crippen LogP contribution in [0.5, 0.6) is 11.5 Å². The summed E-state index contributed by atoms with van der Waals surface area (Å²) >= 11 is 6.12. The first-order valence-electron chi connectivity index (χ1n) is 6.66. The predicted octanol–water partition coefficient (Wildman–Crippen LogP) is 4.15. The fourth-order valence-corrected chi connectivity index (χ4v) is 2.44. The van der Waals surface area contributed by atoms with E-state index in [0.717, 1.165) is 5.56 Å². The highest BCUT2D eigenvalue weighted by molar-refractivity contribution is 6.35. The third kappa shape index (κ3) is 3.03. The largest absolute Gasteiger partial charge is 0.493 e. The summed E-state index contributed by atoms with van der Waals surface area (Å²) in [6.45, 7) is 1.99. The number of benzene rings is 2. The minimum atomic E-state index is -0.113. The van der Waals surface area contributed by atoms with E-state index in [1.54, 1.807) is 44.6 Å². The molecular weight excluding hydrogens is 288 g/mol. The van der Waals surface area contributed by atoms with Gasteiger partial charge in [0.2, 0.25) is 0 Å². The van der Waals surface area contributed by atoms with Gasteiger partial charge in [0.1, 0.15) is 0 Å². The van der Waals surface area contributed by atoms with Crippen molar-refractivity contribution in [2.75, 3.05) is 14.2 Å². The van der Waals surface area contributed by atoms with Crippen LogP contribution < -0.4 is 9.47 Å². The van der Waals surface area contributed by atoms with Gasteiger partial charge in [-0.15, -0.1) is 0 Å². The maximum Gasteiger partial charge on any atom is 0.194 e. The van der Waals surface area contributed by atoms with Crippen LogP contribution in [-0.2, 0) is 6.42 Å². The van der Waals surface area contributed by atoms with Gasteiger partial charge in [0.25, 0.3) is 0 Å². The van der Waals surface area contributed by atoms with Gasteiger partial charge in [0, 0.05) is 11.1 Å². The SMILES string of the molecule is CCc1cc(OC)c(OC)cc1C(=O)c1ccccc1Cl. The average molecular weight is 305 g/mol. The molecule has 0 saturated carbocycles. The Morgan fingerprint density at radius 2 is 1.67 bits per heavy atom. The van der Waals surface area contributed by atoms with Gasteiger partial charge in [-0.1, -0.05) is 30.7 Å². The van der Waals surface area contributed by atoms with Crippen molar-refractivity contribution in [3.63, 3.8) is 0 Å². The van der Waals surface area contributed by atoms with Crippen LogP contribution in [0.3, 0.4) is 0 Å². The van der Waals surface area contributed by atoms with Gasteiger partial charge in [-0.25, -0.2) is 0 Å². The van der Waals surface area contributed by atoms with Gasteiger partial charge in [0.15, 0.2) is 17.3 Å². The molecule has 0 bridgehead atoms. The van der Waals surface area contributed by atoms with Gasteiger partial charge in [-0.2, -0.15) is 0 Å². The van der Waals surface area contributed by atoms with E-state index in [9.17, 15) is 4.79 Å². The Labute approximate surface area is 129 Å². The van der Waals surface area contributed by atoms with Crippen molar-refractivity contribution in [1.29, 1.82) is 0 Å². The molecule has 2 rings (SSSR count). The first-order chi connectivity index (χ1) is 10.1. The molecule has 0 saturated heterocycles. The van der Waals surface area contributed by atoms with E-state index in [-0.39, 0.29) is 5.78 Å². The molecule has 0 heterocycles. The molecule has 110 valence electrons. The Morgan fingerprint density at radius 1 is 1.05 bits per heavy atom. The molecule has 0 radical (unpaired) electrons. The number of aryl methyl sites for hydroxylation is 1. The molecule has 3 nitrogen and oxygen atoms in total. The summed E-state index contributed by atoms with van der Waals surface area (Å²) in [5, 5.41) is 0.444. The standard InChI is InChI=1S/C17H17ClO3/c1-4-11-9-15(20-2)16(21-3)10-13(11)17(19)12-7-5-6-8-14(12)18/h5-10H,4H2,1-3H3. The number of carbonyl (C=O) groups is 1. The molecule has 0 amide bonds. The van der Waals surface area contributed by atoms with Crippen LogP contribution in [-0.4, -0.2) is 20.0 Å². The van der Waals surface area contributed by atoms with E-state index in [2.05, 4.69) is 0 Å². The second-order valence-corrected chi connectivity index (χ2v) is 4.93. The van der Waals surface area contributed by atoms with E-state index in [0.29, 0.717) is 34.1 Å². The molecule has 0 unspecified atom stereocenters. The monoisotopic (exact) mass is 304 g/mol. The van der Waals surface area contributed by atoms with Crippen LogP contribution in [0.25, 0.3) is 0 Å². The van der Waals surface area contributed by atoms with Crippen molar-refractivity contribution in [1.82, 2.24) is 0 Å². The number of rotatable bonds is 5. The molecule has 0 atom stereocenters. The van der Waals surface area contributed by atoms with E-state index >= 15 is 0 Å². The zero-order chi connectivity index (χ0) is 15.4. The summed E-state index contributed by atoms with van der Waals surface area (Å²) in [6.07, 6.45) is 0.714. The highest BCUT2D eigenvalue weighted by Crippen LogP contribution is 2.32. The number of ether oxygens (including phenoxy) is 2. The molecule has 2 aromatic carbocycles. The smallest absolute Gasteiger partial charge is 0.194 e. The first-order valence-corrected chi connectivity index (χ1v) is 7.04. The zero-order valence-electron chi connectivity index (χ0n) is 12.3. The predicted molar refractivity (Wildman–Crippen MR) is 83.8 cm³/mol. The molecule has 0 aliphatic rings. The lowest BCUT2D eigenvalue weighted by atomic mass is 9.96. The van der Waals surface area contributed by atoms with Crippen LogP contribution in [0.4, 0.5) is 0 Å². The molecule has 0 aliphatic heterocycles. The lowest BCUT2D eigenvalue weighted by molar-refractivity contribution is 0.103. The van der Waals surface area contributed by atoms with Gasteiger partial charge in [0.05, 0.1) is 19.2 Å². The topological polar surface area (TPSA) is 35.5 Å². The van der Waals surface area contributed by atoms with Crippen molar-refractivity contribution in [2.45, 2.75) is 13.3 Å². The van der Waals surface area contributed by atoms with Crippen LogP contribution in [0, 0.1) is 0 Å². The van der Waals surface area contributed by atoms with Crippen LogP contribution in [0.1, 0.15) is 28.4 Å². The minimum absolute atomic E-state index is 0.113. The number of ketones is 1. The van der Waals surface area contributed by atoms with E-state index in [1.807, 2.05) is 13.0 Å². The fourth-order valence-electron chi connectivity index (χ4n) is 2.22. The molecular formula is C17H17ClO3. The average Bonchev–Trinajstić information content (AvgIpc) is 2.53. The van der Waals surface area contributed by atoms with Gasteiger partial charge in [-0.3, -0.25) is 4.79 Å². The molecule has 21 heavy (non-hydrogen) atoms. The molecule has 2 aromatic rings. The highest BCUT2D eigenvalue weighted by atomic mass is 35.5. The summed E-state index contributed by atoms with van der Waals surface area (Å²) in [5.74, 6) is 1.04. The lowest BCUT2D eigenvalue weighted by Crippen LogP contribution is -2.07. The van der Waals surface area contributed by atoms with Gasteiger partial charge < -0.3 is 9.47 Å². The third-order valence-corrected chi connectivity index (χ3v) is 3.68. The zero-order valence-corrected chi connectivity index (χ0v) is 13.0. The van der Waals surface area contributed by atoms with Gasteiger partial charge in [-0.05, 0) is 36.2 Å². The third-order valence-electron chi connectivity index (χ3n) is 3.35. The van der Waals surface area contributed by atoms with Gasteiger partial charge >= 0.3 is 0 Å². The first kappa shape index (κ1) is 15.4. The Morgan fingerprint density at radius 3 is 2.24 bits per heavy atom. The Bertz CT molecular complexity index is 665. The highest BCUT2D eigenvalue weighted by Gasteiger charge is 2.19. The Hall–Kier alpha value is -2.00. The Balaban J connectivity index is 2.57. The fraction of sp³-hybridized carbons (Fsp3) is 0.235. The van der Waals surface area contributed by atoms with Crippen LogP contribution in [0.15, 0.2) is 36.4 Å². The van der Waals surface area contributed by atoms with Crippen molar-refractivity contribution in [3.8, 4) is 11.5 Å². The summed E-state index contributed by atoms with van der Waals surface area (Å²) in [7, 11) is 3.13. The summed E-state index contributed by atoms with van der Waals surface area (Å²) in [6, 6.07) is 10.6. The maximum absolute atomic E-state index is 12.7. The molecule has 0 spiro atoms. The van der Waals surface area contributed by atoms with Crippen molar-refractivity contribution < 1.29 is 14.3 Å². The summed E-state index contributed by atoms with van der Waals surface area (Å²) < 4.78 is 10.6. The second kappa shape index (κ2) is 6.64. The van der Waals surface area contributed by atoms with E-state index in [4.69, 9.17) is 21.1 Å². The molecule has 4 heteroatoms.